The van der Waals surface area contributed by atoms with Crippen LogP contribution in [0.1, 0.15) is 12.6 Å². The molecule has 21 heavy (non-hydrogen) atoms. The monoisotopic (exact) mass is 322 g/mol. The highest BCUT2D eigenvalue weighted by atomic mass is 32.2. The first kappa shape index (κ1) is 14.2. The predicted octanol–water partition coefficient (Wildman–Crippen LogP) is 2.65. The highest BCUT2D eigenvalue weighted by Crippen LogP contribution is 2.37. The minimum Gasteiger partial charge on any atom is -0.454 e. The minimum atomic E-state index is -0.300. The number of thioether (sulfide) groups is 1. The molecule has 0 fully saturated rings. The summed E-state index contributed by atoms with van der Waals surface area (Å²) in [6.45, 7) is 2.07. The molecule has 2 heterocycles. The molecule has 0 bridgehead atoms. The number of hydrogen-bond acceptors (Lipinski definition) is 6. The van der Waals surface area contributed by atoms with Gasteiger partial charge in [0.25, 0.3) is 0 Å². The van der Waals surface area contributed by atoms with E-state index in [4.69, 9.17) is 15.2 Å². The van der Waals surface area contributed by atoms with E-state index in [9.17, 15) is 4.79 Å². The summed E-state index contributed by atoms with van der Waals surface area (Å²) >= 11 is 3.06. The van der Waals surface area contributed by atoms with E-state index in [1.165, 1.54) is 11.8 Å². The molecule has 0 spiro atoms. The molecule has 1 atom stereocenters. The molecule has 0 saturated heterocycles. The van der Waals surface area contributed by atoms with Crippen LogP contribution in [0.4, 0.5) is 0 Å². The lowest BCUT2D eigenvalue weighted by Gasteiger charge is -2.04. The Morgan fingerprint density at radius 3 is 3.10 bits per heavy atom. The molecule has 0 radical (unpaired) electrons. The number of primary amides is 1. The van der Waals surface area contributed by atoms with Crippen molar-refractivity contribution < 1.29 is 14.3 Å². The van der Waals surface area contributed by atoms with Gasteiger partial charge in [-0.15, -0.1) is 23.1 Å². The standard InChI is InChI=1S/C14H14N2O3S2/c1-8(13(15)17)20-5-10-6-21-14(16-10)9-2-3-11-12(4-9)19-7-18-11/h2-4,6,8H,5,7H2,1H3,(H2,15,17). The van der Waals surface area contributed by atoms with Crippen LogP contribution in [0.15, 0.2) is 23.6 Å². The van der Waals surface area contributed by atoms with Gasteiger partial charge < -0.3 is 15.2 Å². The molecule has 5 nitrogen and oxygen atoms in total. The average molecular weight is 322 g/mol. The Morgan fingerprint density at radius 2 is 2.29 bits per heavy atom. The summed E-state index contributed by atoms with van der Waals surface area (Å²) in [5, 5.41) is 2.72. The molecule has 0 aliphatic carbocycles. The molecule has 3 rings (SSSR count). The maximum absolute atomic E-state index is 11.0. The van der Waals surface area contributed by atoms with Crippen LogP contribution in [0.2, 0.25) is 0 Å². The lowest BCUT2D eigenvalue weighted by atomic mass is 10.2. The van der Waals surface area contributed by atoms with Crippen LogP contribution >= 0.6 is 23.1 Å². The number of carbonyl (C=O) groups is 1. The molecule has 1 aromatic carbocycles. The normalized spacial score (nSPS) is 14.1. The molecule has 110 valence electrons. The van der Waals surface area contributed by atoms with Gasteiger partial charge >= 0.3 is 0 Å². The Hall–Kier alpha value is -1.73. The molecular weight excluding hydrogens is 308 g/mol. The second-order valence-corrected chi connectivity index (χ2v) is 6.75. The summed E-state index contributed by atoms with van der Waals surface area (Å²) in [6.07, 6.45) is 0. The van der Waals surface area contributed by atoms with E-state index >= 15 is 0 Å². The highest BCUT2D eigenvalue weighted by Gasteiger charge is 2.16. The Balaban J connectivity index is 1.71. The second-order valence-electron chi connectivity index (χ2n) is 4.57. The van der Waals surface area contributed by atoms with Crippen molar-refractivity contribution in [3.05, 3.63) is 29.3 Å². The summed E-state index contributed by atoms with van der Waals surface area (Å²) in [6, 6.07) is 5.79. The van der Waals surface area contributed by atoms with Crippen molar-refractivity contribution in [3.63, 3.8) is 0 Å². The van der Waals surface area contributed by atoms with E-state index in [0.717, 1.165) is 27.8 Å². The van der Waals surface area contributed by atoms with Crippen LogP contribution in [0, 0.1) is 0 Å². The predicted molar refractivity (Wildman–Crippen MR) is 83.6 cm³/mol. The number of nitrogens with two attached hydrogens (primary N) is 1. The molecule has 1 aliphatic rings. The smallest absolute Gasteiger partial charge is 0.231 e. The lowest BCUT2D eigenvalue weighted by molar-refractivity contribution is -0.117. The Labute approximate surface area is 130 Å². The number of benzene rings is 1. The Morgan fingerprint density at radius 1 is 1.48 bits per heavy atom. The van der Waals surface area contributed by atoms with E-state index in [1.807, 2.05) is 23.6 Å². The summed E-state index contributed by atoms with van der Waals surface area (Å²) in [4.78, 5) is 15.6. The first-order chi connectivity index (χ1) is 10.1. The number of ether oxygens (including phenoxy) is 2. The van der Waals surface area contributed by atoms with E-state index in [-0.39, 0.29) is 18.0 Å². The van der Waals surface area contributed by atoms with E-state index in [2.05, 4.69) is 4.98 Å². The number of hydrogen-bond donors (Lipinski definition) is 1. The summed E-state index contributed by atoms with van der Waals surface area (Å²) in [5.74, 6) is 1.89. The fourth-order valence-electron chi connectivity index (χ4n) is 1.83. The SMILES string of the molecule is CC(SCc1csc(-c2ccc3c(c2)OCO3)n1)C(N)=O. The molecule has 2 aromatic rings. The minimum absolute atomic E-state index is 0.208. The van der Waals surface area contributed by atoms with Gasteiger partial charge in [-0.3, -0.25) is 4.79 Å². The quantitative estimate of drug-likeness (QED) is 0.916. The van der Waals surface area contributed by atoms with E-state index in [1.54, 1.807) is 18.3 Å². The molecular formula is C14H14N2O3S2. The Bertz CT molecular complexity index is 672. The lowest BCUT2D eigenvalue weighted by Crippen LogP contribution is -2.22. The highest BCUT2D eigenvalue weighted by molar-refractivity contribution is 7.99. The number of carbonyl (C=O) groups excluding carboxylic acids is 1. The first-order valence-electron chi connectivity index (χ1n) is 6.39. The molecule has 1 amide bonds. The van der Waals surface area contributed by atoms with E-state index in [0.29, 0.717) is 5.75 Å². The van der Waals surface area contributed by atoms with Crippen molar-refractivity contribution in [2.75, 3.05) is 6.79 Å². The third-order valence-corrected chi connectivity index (χ3v) is 5.19. The molecule has 7 heteroatoms. The molecule has 0 saturated carbocycles. The zero-order valence-corrected chi connectivity index (χ0v) is 13.0. The molecule has 1 aliphatic heterocycles. The van der Waals surface area contributed by atoms with Crippen molar-refractivity contribution in [3.8, 4) is 22.1 Å². The van der Waals surface area contributed by atoms with Crippen LogP contribution < -0.4 is 15.2 Å². The first-order valence-corrected chi connectivity index (χ1v) is 8.31. The van der Waals surface area contributed by atoms with Crippen molar-refractivity contribution in [2.45, 2.75) is 17.9 Å². The summed E-state index contributed by atoms with van der Waals surface area (Å²) < 4.78 is 10.7. The second kappa shape index (κ2) is 5.95. The van der Waals surface area contributed by atoms with E-state index < -0.39 is 0 Å². The van der Waals surface area contributed by atoms with Crippen LogP contribution in [-0.4, -0.2) is 22.9 Å². The van der Waals surface area contributed by atoms with Gasteiger partial charge in [0.05, 0.1) is 10.9 Å². The van der Waals surface area contributed by atoms with Gasteiger partial charge in [-0.2, -0.15) is 0 Å². The van der Waals surface area contributed by atoms with Gasteiger partial charge in [0.1, 0.15) is 5.01 Å². The summed E-state index contributed by atoms with van der Waals surface area (Å²) in [7, 11) is 0. The van der Waals surface area contributed by atoms with Crippen LogP contribution in [0.5, 0.6) is 11.5 Å². The number of aromatic nitrogens is 1. The zero-order valence-electron chi connectivity index (χ0n) is 11.4. The number of nitrogens with zero attached hydrogens (tertiary/aromatic N) is 1. The fourth-order valence-corrected chi connectivity index (χ4v) is 3.48. The Kier molecular flexibility index (Phi) is 4.03. The van der Waals surface area contributed by atoms with Gasteiger partial charge in [0.2, 0.25) is 12.7 Å². The van der Waals surface area contributed by atoms with Crippen molar-refractivity contribution in [1.29, 1.82) is 0 Å². The number of rotatable bonds is 5. The van der Waals surface area contributed by atoms with Crippen LogP contribution in [-0.2, 0) is 10.5 Å². The van der Waals surface area contributed by atoms with Gasteiger partial charge in [-0.25, -0.2) is 4.98 Å². The molecule has 1 aromatic heterocycles. The average Bonchev–Trinajstić information content (AvgIpc) is 3.12. The number of amides is 1. The topological polar surface area (TPSA) is 74.4 Å². The third-order valence-electron chi connectivity index (χ3n) is 3.05. The molecule has 2 N–H and O–H groups in total. The maximum atomic E-state index is 11.0. The van der Waals surface area contributed by atoms with Gasteiger partial charge in [0, 0.05) is 16.7 Å². The zero-order chi connectivity index (χ0) is 14.8. The van der Waals surface area contributed by atoms with Crippen molar-refractivity contribution in [1.82, 2.24) is 4.98 Å². The van der Waals surface area contributed by atoms with Gasteiger partial charge in [-0.1, -0.05) is 0 Å². The number of fused-ring (bicyclic) bond motifs is 1. The summed E-state index contributed by atoms with van der Waals surface area (Å²) in [5.41, 5.74) is 7.20. The van der Waals surface area contributed by atoms with Crippen molar-refractivity contribution >= 4 is 29.0 Å². The molecule has 1 unspecified atom stereocenters. The van der Waals surface area contributed by atoms with Crippen molar-refractivity contribution in [2.24, 2.45) is 5.73 Å². The fraction of sp³-hybridized carbons (Fsp3) is 0.286. The van der Waals surface area contributed by atoms with Crippen LogP contribution in [0.3, 0.4) is 0 Å². The van der Waals surface area contributed by atoms with Crippen LogP contribution in [0.25, 0.3) is 10.6 Å². The maximum Gasteiger partial charge on any atom is 0.231 e. The van der Waals surface area contributed by atoms with Gasteiger partial charge in [-0.05, 0) is 25.1 Å². The largest absolute Gasteiger partial charge is 0.454 e. The third kappa shape index (κ3) is 3.14. The van der Waals surface area contributed by atoms with Gasteiger partial charge in [0.15, 0.2) is 11.5 Å². The number of thiazole rings is 1.